The first-order chi connectivity index (χ1) is 21.5. The molecule has 5 rings (SSSR count). The molecular weight excluding hydrogens is 548 g/mol. The molecule has 222 valence electrons. The molecule has 0 aliphatic rings. The van der Waals surface area contributed by atoms with Crippen LogP contribution in [0.3, 0.4) is 0 Å². The van der Waals surface area contributed by atoms with Gasteiger partial charge in [0.15, 0.2) is 0 Å². The summed E-state index contributed by atoms with van der Waals surface area (Å²) < 4.78 is 9.56. The Balaban J connectivity index is 1.41. The Labute approximate surface area is 258 Å². The maximum atomic E-state index is 11.7. The van der Waals surface area contributed by atoms with E-state index < -0.39 is 0 Å². The fourth-order valence-electron chi connectivity index (χ4n) is 5.03. The van der Waals surface area contributed by atoms with E-state index in [1.807, 2.05) is 54.6 Å². The largest absolute Gasteiger partial charge is 0.469 e. The van der Waals surface area contributed by atoms with Crippen LogP contribution in [0.5, 0.6) is 0 Å². The van der Waals surface area contributed by atoms with E-state index in [2.05, 4.69) is 83.0 Å². The van der Waals surface area contributed by atoms with Crippen molar-refractivity contribution in [2.45, 2.75) is 25.7 Å². The lowest BCUT2D eigenvalue weighted by molar-refractivity contribution is -0.141. The topological polar surface area (TPSA) is 67.9 Å². The van der Waals surface area contributed by atoms with Gasteiger partial charge in [0.2, 0.25) is 0 Å². The van der Waals surface area contributed by atoms with Crippen molar-refractivity contribution >= 4 is 40.4 Å². The summed E-state index contributed by atoms with van der Waals surface area (Å²) in [4.78, 5) is 25.4. The number of methoxy groups -OCH3 is 2. The average molecular weight is 585 g/mol. The second-order valence-corrected chi connectivity index (χ2v) is 10.4. The van der Waals surface area contributed by atoms with E-state index in [4.69, 9.17) is 9.47 Å². The van der Waals surface area contributed by atoms with Crippen LogP contribution in [0, 0.1) is 0 Å². The average Bonchev–Trinajstić information content (AvgIpc) is 3.08. The van der Waals surface area contributed by atoms with Gasteiger partial charge < -0.3 is 19.7 Å². The summed E-state index contributed by atoms with van der Waals surface area (Å²) in [5, 5.41) is 3.52. The second kappa shape index (κ2) is 14.7. The summed E-state index contributed by atoms with van der Waals surface area (Å²) in [7, 11) is 2.82. The minimum Gasteiger partial charge on any atom is -0.469 e. The second-order valence-electron chi connectivity index (χ2n) is 10.4. The number of carbonyl (C=O) groups is 2. The highest BCUT2D eigenvalue weighted by Gasteiger charge is 2.14. The lowest BCUT2D eigenvalue weighted by atomic mass is 10.0. The fraction of sp³-hybridized carbons (Fsp3) is 0.158. The van der Waals surface area contributed by atoms with Crippen LogP contribution in [0.1, 0.15) is 24.0 Å². The Bertz CT molecular complexity index is 1670. The number of anilines is 5. The number of esters is 2. The SMILES string of the molecule is COC(=O)CCc1ccc(Nc2cccc(N(c3ccc(CCC(=O)OC)cc3)c3ccc(-c4ccccc4)cc3)c2)cc1. The van der Waals surface area contributed by atoms with Crippen LogP contribution in [0.2, 0.25) is 0 Å². The number of nitrogens with one attached hydrogen (secondary N) is 1. The number of aryl methyl sites for hydroxylation is 2. The van der Waals surface area contributed by atoms with Crippen molar-refractivity contribution in [3.8, 4) is 11.1 Å². The minimum atomic E-state index is -0.214. The van der Waals surface area contributed by atoms with E-state index in [9.17, 15) is 9.59 Å². The molecule has 6 heteroatoms. The van der Waals surface area contributed by atoms with E-state index in [1.165, 1.54) is 19.8 Å². The molecule has 0 radical (unpaired) electrons. The van der Waals surface area contributed by atoms with Crippen LogP contribution in [-0.4, -0.2) is 26.2 Å². The number of nitrogens with zero attached hydrogens (tertiary/aromatic N) is 1. The number of carbonyl (C=O) groups excluding carboxylic acids is 2. The van der Waals surface area contributed by atoms with Gasteiger partial charge in [-0.1, -0.05) is 72.8 Å². The number of rotatable bonds is 12. The molecule has 0 amide bonds. The molecule has 0 aliphatic carbocycles. The van der Waals surface area contributed by atoms with Crippen LogP contribution < -0.4 is 10.2 Å². The van der Waals surface area contributed by atoms with E-state index in [1.54, 1.807) is 0 Å². The van der Waals surface area contributed by atoms with Crippen molar-refractivity contribution in [1.29, 1.82) is 0 Å². The Kier molecular flexibility index (Phi) is 10.1. The van der Waals surface area contributed by atoms with Gasteiger partial charge in [0, 0.05) is 41.3 Å². The van der Waals surface area contributed by atoms with Crippen molar-refractivity contribution in [2.24, 2.45) is 0 Å². The molecule has 0 bridgehead atoms. The molecule has 1 N–H and O–H groups in total. The normalized spacial score (nSPS) is 10.6. The monoisotopic (exact) mass is 584 g/mol. The molecule has 5 aromatic rings. The van der Waals surface area contributed by atoms with Crippen molar-refractivity contribution in [3.05, 3.63) is 139 Å². The minimum absolute atomic E-state index is 0.209. The maximum Gasteiger partial charge on any atom is 0.305 e. The van der Waals surface area contributed by atoms with Gasteiger partial charge in [-0.2, -0.15) is 0 Å². The molecule has 0 saturated heterocycles. The molecule has 5 aromatic carbocycles. The molecule has 6 nitrogen and oxygen atoms in total. The summed E-state index contributed by atoms with van der Waals surface area (Å²) >= 11 is 0. The Hall–Kier alpha value is -5.36. The molecular formula is C38H36N2O4. The Morgan fingerprint density at radius 1 is 0.545 bits per heavy atom. The molecule has 0 aromatic heterocycles. The fourth-order valence-corrected chi connectivity index (χ4v) is 5.03. The third-order valence-corrected chi connectivity index (χ3v) is 7.47. The number of hydrogen-bond acceptors (Lipinski definition) is 6. The lowest BCUT2D eigenvalue weighted by Gasteiger charge is -2.26. The molecule has 0 heterocycles. The molecule has 0 spiro atoms. The van der Waals surface area contributed by atoms with Crippen LogP contribution in [0.25, 0.3) is 11.1 Å². The molecule has 0 fully saturated rings. The molecule has 0 unspecified atom stereocenters. The van der Waals surface area contributed by atoms with Crippen molar-refractivity contribution in [1.82, 2.24) is 0 Å². The zero-order valence-corrected chi connectivity index (χ0v) is 25.0. The van der Waals surface area contributed by atoms with Crippen LogP contribution >= 0.6 is 0 Å². The van der Waals surface area contributed by atoms with Crippen LogP contribution in [0.4, 0.5) is 28.4 Å². The Morgan fingerprint density at radius 3 is 1.64 bits per heavy atom. The summed E-state index contributed by atoms with van der Waals surface area (Å²) in [6.07, 6.45) is 1.97. The van der Waals surface area contributed by atoms with Crippen LogP contribution in [-0.2, 0) is 31.9 Å². The summed E-state index contributed by atoms with van der Waals surface area (Å²) in [5.74, 6) is -0.423. The van der Waals surface area contributed by atoms with E-state index in [0.717, 1.165) is 45.1 Å². The number of benzene rings is 5. The zero-order valence-electron chi connectivity index (χ0n) is 25.0. The quantitative estimate of drug-likeness (QED) is 0.148. The highest BCUT2D eigenvalue weighted by atomic mass is 16.5. The van der Waals surface area contributed by atoms with Gasteiger partial charge >= 0.3 is 11.9 Å². The van der Waals surface area contributed by atoms with Gasteiger partial charge in [0.25, 0.3) is 0 Å². The van der Waals surface area contributed by atoms with Gasteiger partial charge in [0.1, 0.15) is 0 Å². The zero-order chi connectivity index (χ0) is 30.7. The number of ether oxygens (including phenoxy) is 2. The van der Waals surface area contributed by atoms with Gasteiger partial charge in [-0.15, -0.1) is 0 Å². The van der Waals surface area contributed by atoms with E-state index in [0.29, 0.717) is 25.7 Å². The number of hydrogen-bond donors (Lipinski definition) is 1. The van der Waals surface area contributed by atoms with Crippen molar-refractivity contribution < 1.29 is 19.1 Å². The summed E-state index contributed by atoms with van der Waals surface area (Å²) in [5.41, 5.74) is 9.41. The third-order valence-electron chi connectivity index (χ3n) is 7.47. The molecule has 0 atom stereocenters. The van der Waals surface area contributed by atoms with E-state index >= 15 is 0 Å². The third kappa shape index (κ3) is 7.92. The highest BCUT2D eigenvalue weighted by Crippen LogP contribution is 2.37. The summed E-state index contributed by atoms with van der Waals surface area (Å²) in [6, 6.07) is 43.6. The van der Waals surface area contributed by atoms with Crippen molar-refractivity contribution in [3.63, 3.8) is 0 Å². The van der Waals surface area contributed by atoms with Crippen LogP contribution in [0.15, 0.2) is 127 Å². The smallest absolute Gasteiger partial charge is 0.305 e. The van der Waals surface area contributed by atoms with Gasteiger partial charge in [-0.05, 0) is 89.7 Å². The highest BCUT2D eigenvalue weighted by molar-refractivity contribution is 5.80. The first-order valence-corrected chi connectivity index (χ1v) is 14.7. The predicted octanol–water partition coefficient (Wildman–Crippen LogP) is 8.78. The standard InChI is InChI=1S/C38H36N2O4/c1-43-37(41)25-15-28-11-19-32(20-12-28)39-33-9-6-10-36(27-33)40(34-21-13-29(14-22-34)16-26-38(42)44-2)35-23-17-31(18-24-35)30-7-4-3-5-8-30/h3-14,17-24,27,39H,15-16,25-26H2,1-2H3. The van der Waals surface area contributed by atoms with Gasteiger partial charge in [-0.25, -0.2) is 0 Å². The first-order valence-electron chi connectivity index (χ1n) is 14.7. The molecule has 0 saturated carbocycles. The van der Waals surface area contributed by atoms with Gasteiger partial charge in [0.05, 0.1) is 14.2 Å². The predicted molar refractivity (Wildman–Crippen MR) is 177 cm³/mol. The van der Waals surface area contributed by atoms with E-state index in [-0.39, 0.29) is 11.9 Å². The maximum absolute atomic E-state index is 11.7. The summed E-state index contributed by atoms with van der Waals surface area (Å²) in [6.45, 7) is 0. The first kappa shape index (κ1) is 30.1. The van der Waals surface area contributed by atoms with Gasteiger partial charge in [-0.3, -0.25) is 9.59 Å². The molecule has 0 aliphatic heterocycles. The van der Waals surface area contributed by atoms with Crippen molar-refractivity contribution in [2.75, 3.05) is 24.4 Å². The molecule has 44 heavy (non-hydrogen) atoms. The lowest BCUT2D eigenvalue weighted by Crippen LogP contribution is -2.10. The Morgan fingerprint density at radius 2 is 1.07 bits per heavy atom.